The first-order chi connectivity index (χ1) is 11.7. The van der Waals surface area contributed by atoms with Crippen LogP contribution < -0.4 is 9.64 Å². The number of ether oxygens (including phenoxy) is 1. The molecule has 2 aromatic rings. The molecule has 0 radical (unpaired) electrons. The summed E-state index contributed by atoms with van der Waals surface area (Å²) in [6.45, 7) is 4.49. The van der Waals surface area contributed by atoms with E-state index < -0.39 is 5.82 Å². The Bertz CT molecular complexity index is 675. The minimum absolute atomic E-state index is 0.206. The summed E-state index contributed by atoms with van der Waals surface area (Å²) < 4.78 is 19.3. The molecule has 0 N–H and O–H groups in total. The molecule has 128 valence electrons. The van der Waals surface area contributed by atoms with Crippen LogP contribution in [-0.2, 0) is 6.42 Å². The topological polar surface area (TPSA) is 51.1 Å². The van der Waals surface area contributed by atoms with Crippen LogP contribution >= 0.6 is 15.9 Å². The predicted molar refractivity (Wildman–Crippen MR) is 93.7 cm³/mol. The number of nitrogens with zero attached hydrogens (tertiary/aromatic N) is 4. The van der Waals surface area contributed by atoms with E-state index in [1.54, 1.807) is 0 Å². The van der Waals surface area contributed by atoms with Crippen LogP contribution in [0.5, 0.6) is 5.75 Å². The number of anilines is 1. The van der Waals surface area contributed by atoms with Crippen LogP contribution in [0.1, 0.15) is 25.3 Å². The molecule has 2 aromatic heterocycles. The molecule has 0 saturated carbocycles. The molecule has 0 unspecified atom stereocenters. The fourth-order valence-corrected chi connectivity index (χ4v) is 2.91. The zero-order chi connectivity index (χ0) is 16.9. The minimum atomic E-state index is -0.407. The lowest BCUT2D eigenvalue weighted by atomic mass is 9.98. The summed E-state index contributed by atoms with van der Waals surface area (Å²) in [5.74, 6) is 1.31. The molecule has 3 rings (SSSR count). The molecule has 7 heteroatoms. The molecule has 1 aliphatic heterocycles. The lowest BCUT2D eigenvalue weighted by Crippen LogP contribution is -2.36. The molecule has 1 aliphatic rings. The van der Waals surface area contributed by atoms with Crippen molar-refractivity contribution in [2.45, 2.75) is 26.2 Å². The van der Waals surface area contributed by atoms with Crippen molar-refractivity contribution in [2.24, 2.45) is 5.92 Å². The van der Waals surface area contributed by atoms with Crippen molar-refractivity contribution in [3.63, 3.8) is 0 Å². The number of piperidine rings is 1. The van der Waals surface area contributed by atoms with Gasteiger partial charge in [-0.3, -0.25) is 0 Å². The largest absolute Gasteiger partial charge is 0.492 e. The predicted octanol–water partition coefficient (Wildman–Crippen LogP) is 3.63. The van der Waals surface area contributed by atoms with Crippen molar-refractivity contribution >= 4 is 21.9 Å². The molecule has 0 aliphatic carbocycles. The second-order valence-corrected chi connectivity index (χ2v) is 6.68. The minimum Gasteiger partial charge on any atom is -0.492 e. The first kappa shape index (κ1) is 17.1. The van der Waals surface area contributed by atoms with Crippen LogP contribution in [0.25, 0.3) is 0 Å². The van der Waals surface area contributed by atoms with E-state index in [9.17, 15) is 4.39 Å². The van der Waals surface area contributed by atoms with E-state index in [0.717, 1.165) is 43.9 Å². The normalized spacial score (nSPS) is 15.5. The molecular weight excluding hydrogens is 375 g/mol. The Kier molecular flexibility index (Phi) is 5.60. The molecule has 0 amide bonds. The summed E-state index contributed by atoms with van der Waals surface area (Å²) in [7, 11) is 0. The van der Waals surface area contributed by atoms with Gasteiger partial charge in [-0.05, 0) is 46.7 Å². The Labute approximate surface area is 149 Å². The highest BCUT2D eigenvalue weighted by Crippen LogP contribution is 2.23. The number of aryl methyl sites for hydroxylation is 1. The Balaban J connectivity index is 1.48. The fourth-order valence-electron chi connectivity index (χ4n) is 2.69. The van der Waals surface area contributed by atoms with Gasteiger partial charge < -0.3 is 9.64 Å². The summed E-state index contributed by atoms with van der Waals surface area (Å²) >= 11 is 3.04. The van der Waals surface area contributed by atoms with Gasteiger partial charge in [0.25, 0.3) is 0 Å². The van der Waals surface area contributed by atoms with Crippen LogP contribution in [0.4, 0.5) is 10.3 Å². The zero-order valence-electron chi connectivity index (χ0n) is 13.6. The third kappa shape index (κ3) is 4.20. The lowest BCUT2D eigenvalue weighted by molar-refractivity contribution is 0.221. The highest BCUT2D eigenvalue weighted by atomic mass is 79.9. The number of pyridine rings is 1. The van der Waals surface area contributed by atoms with Crippen LogP contribution in [0, 0.1) is 11.7 Å². The SMILES string of the molecule is CCc1cnc(N2CCC(COc3cnc(Br)c(F)c3)CC2)nc1. The zero-order valence-corrected chi connectivity index (χ0v) is 15.2. The summed E-state index contributed by atoms with van der Waals surface area (Å²) in [4.78, 5) is 15.0. The van der Waals surface area contributed by atoms with Gasteiger partial charge in [-0.15, -0.1) is 0 Å². The van der Waals surface area contributed by atoms with E-state index in [-0.39, 0.29) is 4.60 Å². The number of halogens is 2. The fraction of sp³-hybridized carbons (Fsp3) is 0.471. The smallest absolute Gasteiger partial charge is 0.225 e. The van der Waals surface area contributed by atoms with Gasteiger partial charge in [0.1, 0.15) is 10.4 Å². The van der Waals surface area contributed by atoms with Crippen molar-refractivity contribution in [3.8, 4) is 5.75 Å². The van der Waals surface area contributed by atoms with E-state index in [4.69, 9.17) is 4.74 Å². The molecule has 1 fully saturated rings. The first-order valence-electron chi connectivity index (χ1n) is 8.15. The number of hydrogen-bond donors (Lipinski definition) is 0. The van der Waals surface area contributed by atoms with Gasteiger partial charge in [-0.1, -0.05) is 6.92 Å². The number of aromatic nitrogens is 3. The second-order valence-electron chi connectivity index (χ2n) is 5.93. The van der Waals surface area contributed by atoms with Crippen molar-refractivity contribution < 1.29 is 9.13 Å². The second kappa shape index (κ2) is 7.88. The maximum Gasteiger partial charge on any atom is 0.225 e. The van der Waals surface area contributed by atoms with Gasteiger partial charge >= 0.3 is 0 Å². The average Bonchev–Trinajstić information content (AvgIpc) is 2.63. The Hall–Kier alpha value is -1.76. The summed E-state index contributed by atoms with van der Waals surface area (Å²) in [6, 6.07) is 1.36. The van der Waals surface area contributed by atoms with Gasteiger partial charge in [0.15, 0.2) is 5.82 Å². The van der Waals surface area contributed by atoms with Crippen molar-refractivity contribution in [2.75, 3.05) is 24.6 Å². The van der Waals surface area contributed by atoms with Crippen LogP contribution in [0.2, 0.25) is 0 Å². The number of rotatable bonds is 5. The standard InChI is InChI=1S/C17H20BrFN4O/c1-2-12-8-21-17(22-9-12)23-5-3-13(4-6-23)11-24-14-7-15(19)16(18)20-10-14/h7-10,13H,2-6,11H2,1H3. The molecule has 0 aromatic carbocycles. The van der Waals surface area contributed by atoms with Gasteiger partial charge in [0.2, 0.25) is 5.95 Å². The van der Waals surface area contributed by atoms with Crippen molar-refractivity contribution in [3.05, 3.63) is 40.6 Å². The molecule has 24 heavy (non-hydrogen) atoms. The maximum atomic E-state index is 13.4. The summed E-state index contributed by atoms with van der Waals surface area (Å²) in [5.41, 5.74) is 1.15. The van der Waals surface area contributed by atoms with E-state index in [1.807, 2.05) is 12.4 Å². The molecule has 0 bridgehead atoms. The Morgan fingerprint density at radius 3 is 2.54 bits per heavy atom. The van der Waals surface area contributed by atoms with Crippen LogP contribution in [-0.4, -0.2) is 34.6 Å². The Morgan fingerprint density at radius 1 is 1.21 bits per heavy atom. The van der Waals surface area contributed by atoms with Crippen LogP contribution in [0.15, 0.2) is 29.3 Å². The van der Waals surface area contributed by atoms with Crippen molar-refractivity contribution in [1.29, 1.82) is 0 Å². The molecular formula is C17H20BrFN4O. The summed E-state index contributed by atoms with van der Waals surface area (Å²) in [6.07, 6.45) is 8.28. The van der Waals surface area contributed by atoms with E-state index in [2.05, 4.69) is 42.7 Å². The molecule has 0 atom stereocenters. The van der Waals surface area contributed by atoms with E-state index in [1.165, 1.54) is 12.3 Å². The Morgan fingerprint density at radius 2 is 1.92 bits per heavy atom. The molecule has 3 heterocycles. The first-order valence-corrected chi connectivity index (χ1v) is 8.94. The van der Waals surface area contributed by atoms with Gasteiger partial charge in [-0.2, -0.15) is 0 Å². The molecule has 5 nitrogen and oxygen atoms in total. The van der Waals surface area contributed by atoms with E-state index in [0.29, 0.717) is 18.3 Å². The molecule has 1 saturated heterocycles. The highest BCUT2D eigenvalue weighted by molar-refractivity contribution is 9.10. The van der Waals surface area contributed by atoms with Crippen LogP contribution in [0.3, 0.4) is 0 Å². The third-order valence-electron chi connectivity index (χ3n) is 4.25. The van der Waals surface area contributed by atoms with Crippen molar-refractivity contribution in [1.82, 2.24) is 15.0 Å². The van der Waals surface area contributed by atoms with E-state index >= 15 is 0 Å². The monoisotopic (exact) mass is 394 g/mol. The quantitative estimate of drug-likeness (QED) is 0.724. The van der Waals surface area contributed by atoms with Gasteiger partial charge in [0.05, 0.1) is 12.8 Å². The highest BCUT2D eigenvalue weighted by Gasteiger charge is 2.21. The maximum absolute atomic E-state index is 13.4. The number of hydrogen-bond acceptors (Lipinski definition) is 5. The van der Waals surface area contributed by atoms with Gasteiger partial charge in [-0.25, -0.2) is 19.3 Å². The lowest BCUT2D eigenvalue weighted by Gasteiger charge is -2.31. The summed E-state index contributed by atoms with van der Waals surface area (Å²) in [5, 5.41) is 0. The molecule has 0 spiro atoms. The average molecular weight is 395 g/mol. The van der Waals surface area contributed by atoms with Gasteiger partial charge in [0, 0.05) is 31.5 Å². The third-order valence-corrected chi connectivity index (χ3v) is 4.84.